The van der Waals surface area contributed by atoms with Gasteiger partial charge in [0.1, 0.15) is 6.10 Å². The zero-order chi connectivity index (χ0) is 15.5. The minimum absolute atomic E-state index is 0.0278. The zero-order valence-corrected chi connectivity index (χ0v) is 13.3. The van der Waals surface area contributed by atoms with Gasteiger partial charge in [0.15, 0.2) is 17.3 Å². The maximum Gasteiger partial charge on any atom is 0.210 e. The number of carbonyl (C=O) groups excluding carboxylic acids is 2. The van der Waals surface area contributed by atoms with Crippen LogP contribution in [0.3, 0.4) is 0 Å². The van der Waals surface area contributed by atoms with Crippen molar-refractivity contribution in [3.63, 3.8) is 0 Å². The number of amides is 1. The highest BCUT2D eigenvalue weighted by atomic mass is 79.9. The summed E-state index contributed by atoms with van der Waals surface area (Å²) in [4.78, 5) is 24.8. The van der Waals surface area contributed by atoms with Crippen LogP contribution < -0.4 is 4.74 Å². The zero-order valence-electron chi connectivity index (χ0n) is 11.7. The van der Waals surface area contributed by atoms with Gasteiger partial charge < -0.3 is 14.7 Å². The summed E-state index contributed by atoms with van der Waals surface area (Å²) in [6.07, 6.45) is 5.01. The molecule has 1 N–H and O–H groups in total. The van der Waals surface area contributed by atoms with Crippen molar-refractivity contribution in [2.24, 2.45) is 0 Å². The van der Waals surface area contributed by atoms with Gasteiger partial charge in [-0.3, -0.25) is 9.59 Å². The second-order valence-electron chi connectivity index (χ2n) is 6.04. The minimum atomic E-state index is -0.447. The Balaban J connectivity index is 2.00. The molecule has 6 heteroatoms. The number of carbonyl (C=O) groups is 2. The molecule has 2 heterocycles. The first-order chi connectivity index (χ1) is 10.5. The van der Waals surface area contributed by atoms with E-state index in [1.165, 1.54) is 0 Å². The molecule has 1 amide bonds. The molecule has 2 unspecified atom stereocenters. The Bertz CT molecular complexity index is 729. The predicted molar refractivity (Wildman–Crippen MR) is 81.8 cm³/mol. The molecule has 0 fully saturated rings. The number of ketones is 1. The van der Waals surface area contributed by atoms with Gasteiger partial charge in [-0.1, -0.05) is 22.0 Å². The minimum Gasteiger partial charge on any atom is -0.504 e. The topological polar surface area (TPSA) is 66.8 Å². The molecule has 0 radical (unpaired) electrons. The van der Waals surface area contributed by atoms with Gasteiger partial charge in [0.25, 0.3) is 0 Å². The van der Waals surface area contributed by atoms with Crippen molar-refractivity contribution in [1.29, 1.82) is 0 Å². The number of ether oxygens (including phenoxy) is 1. The van der Waals surface area contributed by atoms with Crippen molar-refractivity contribution in [3.05, 3.63) is 33.8 Å². The Morgan fingerprint density at radius 3 is 3.09 bits per heavy atom. The predicted octanol–water partition coefficient (Wildman–Crippen LogP) is 2.04. The van der Waals surface area contributed by atoms with Gasteiger partial charge in [-0.2, -0.15) is 0 Å². The molecule has 0 saturated heterocycles. The highest BCUT2D eigenvalue weighted by molar-refractivity contribution is 9.10. The van der Waals surface area contributed by atoms with Crippen molar-refractivity contribution >= 4 is 28.1 Å². The number of halogens is 1. The number of nitrogens with zero attached hydrogens (tertiary/aromatic N) is 1. The molecule has 114 valence electrons. The lowest BCUT2D eigenvalue weighted by Crippen LogP contribution is -2.41. The molecule has 4 rings (SSSR count). The van der Waals surface area contributed by atoms with Gasteiger partial charge in [0.2, 0.25) is 6.41 Å². The molecular weight excluding hydrogens is 350 g/mol. The first-order valence-corrected chi connectivity index (χ1v) is 7.97. The Kier molecular flexibility index (Phi) is 2.88. The third-order valence-electron chi connectivity index (χ3n) is 4.89. The quantitative estimate of drug-likeness (QED) is 0.775. The van der Waals surface area contributed by atoms with Gasteiger partial charge in [0.05, 0.1) is 5.41 Å². The number of allylic oxidation sites excluding steroid dienone is 1. The fraction of sp³-hybridized carbons (Fsp3) is 0.375. The molecule has 0 saturated carbocycles. The average Bonchev–Trinajstić information content (AvgIpc) is 2.72. The lowest BCUT2D eigenvalue weighted by Gasteiger charge is -2.33. The lowest BCUT2D eigenvalue weighted by molar-refractivity contribution is -0.119. The Labute approximate surface area is 135 Å². The summed E-state index contributed by atoms with van der Waals surface area (Å²) in [5.74, 6) is 0.551. The Morgan fingerprint density at radius 1 is 1.50 bits per heavy atom. The van der Waals surface area contributed by atoms with Gasteiger partial charge in [-0.05, 0) is 24.1 Å². The van der Waals surface area contributed by atoms with E-state index in [9.17, 15) is 14.7 Å². The van der Waals surface area contributed by atoms with Crippen LogP contribution in [-0.2, 0) is 21.5 Å². The summed E-state index contributed by atoms with van der Waals surface area (Å²) in [5, 5.41) is 10.3. The van der Waals surface area contributed by atoms with Crippen LogP contribution in [0, 0.1) is 0 Å². The molecule has 0 aromatic heterocycles. The van der Waals surface area contributed by atoms with Crippen molar-refractivity contribution in [2.45, 2.75) is 30.9 Å². The molecule has 5 nitrogen and oxygen atoms in total. The van der Waals surface area contributed by atoms with Gasteiger partial charge in [-0.25, -0.2) is 0 Å². The maximum absolute atomic E-state index is 11.8. The maximum atomic E-state index is 11.8. The number of benzene rings is 1. The number of phenolic OH excluding ortho intramolecular Hbond substituents is 1. The van der Waals surface area contributed by atoms with E-state index in [0.29, 0.717) is 31.7 Å². The molecule has 3 aliphatic rings. The second-order valence-corrected chi connectivity index (χ2v) is 6.89. The van der Waals surface area contributed by atoms with Crippen molar-refractivity contribution in [1.82, 2.24) is 4.90 Å². The fourth-order valence-corrected chi connectivity index (χ4v) is 4.35. The molecule has 2 aliphatic heterocycles. The third-order valence-corrected chi connectivity index (χ3v) is 5.60. The SMILES string of the molecule is O=CN1CCC23C=CC(=O)CC2Oc2c(O)cc(Br)c(c23)C1. The molecule has 1 spiro atoms. The number of phenols is 1. The third kappa shape index (κ3) is 1.70. The monoisotopic (exact) mass is 363 g/mol. The van der Waals surface area contributed by atoms with E-state index in [1.807, 2.05) is 6.08 Å². The summed E-state index contributed by atoms with van der Waals surface area (Å²) < 4.78 is 6.71. The van der Waals surface area contributed by atoms with Crippen molar-refractivity contribution in [2.75, 3.05) is 6.54 Å². The highest BCUT2D eigenvalue weighted by Gasteiger charge is 2.53. The fourth-order valence-electron chi connectivity index (χ4n) is 3.81. The smallest absolute Gasteiger partial charge is 0.210 e. The number of hydrogen-bond donors (Lipinski definition) is 1. The summed E-state index contributed by atoms with van der Waals surface area (Å²) in [6, 6.07) is 1.60. The standard InChI is InChI=1S/C16H14BrNO4/c17-11-6-12(21)15-14-10(11)7-18(8-19)4-3-16(14)2-1-9(20)5-13(16)22-15/h1-2,6,8,13,21H,3-5,7H2. The van der Waals surface area contributed by atoms with Crippen LogP contribution in [-0.4, -0.2) is 34.8 Å². The van der Waals surface area contributed by atoms with E-state index in [1.54, 1.807) is 17.0 Å². The van der Waals surface area contributed by atoms with Crippen molar-refractivity contribution < 1.29 is 19.4 Å². The number of rotatable bonds is 1. The molecule has 0 bridgehead atoms. The summed E-state index contributed by atoms with van der Waals surface area (Å²) in [7, 11) is 0. The first kappa shape index (κ1) is 13.8. The molecule has 1 aromatic rings. The van der Waals surface area contributed by atoms with E-state index in [0.717, 1.165) is 22.0 Å². The number of hydrogen-bond acceptors (Lipinski definition) is 4. The van der Waals surface area contributed by atoms with Gasteiger partial charge in [-0.15, -0.1) is 0 Å². The highest BCUT2D eigenvalue weighted by Crippen LogP contribution is 2.56. The molecule has 2 atom stereocenters. The van der Waals surface area contributed by atoms with E-state index in [4.69, 9.17) is 4.74 Å². The molecular formula is C16H14BrNO4. The van der Waals surface area contributed by atoms with Crippen LogP contribution in [0.15, 0.2) is 22.7 Å². The van der Waals surface area contributed by atoms with Crippen molar-refractivity contribution in [3.8, 4) is 11.5 Å². The second kappa shape index (κ2) is 4.59. The van der Waals surface area contributed by atoms with Crippen LogP contribution in [0.5, 0.6) is 11.5 Å². The largest absolute Gasteiger partial charge is 0.504 e. The normalized spacial score (nSPS) is 28.7. The Morgan fingerprint density at radius 2 is 2.32 bits per heavy atom. The van der Waals surface area contributed by atoms with E-state index < -0.39 is 5.41 Å². The van der Waals surface area contributed by atoms with Crippen LogP contribution in [0.1, 0.15) is 24.0 Å². The summed E-state index contributed by atoms with van der Waals surface area (Å²) in [6.45, 7) is 1.05. The van der Waals surface area contributed by atoms with Gasteiger partial charge in [0, 0.05) is 29.5 Å². The van der Waals surface area contributed by atoms with Crippen LogP contribution in [0.4, 0.5) is 0 Å². The van der Waals surface area contributed by atoms with E-state index >= 15 is 0 Å². The Hall–Kier alpha value is -1.82. The van der Waals surface area contributed by atoms with Crippen LogP contribution >= 0.6 is 15.9 Å². The lowest BCUT2D eigenvalue weighted by atomic mass is 9.69. The van der Waals surface area contributed by atoms with Crippen LogP contribution in [0.25, 0.3) is 0 Å². The van der Waals surface area contributed by atoms with Crippen LogP contribution in [0.2, 0.25) is 0 Å². The summed E-state index contributed by atoms with van der Waals surface area (Å²) >= 11 is 3.49. The summed E-state index contributed by atoms with van der Waals surface area (Å²) in [5.41, 5.74) is 1.41. The molecule has 1 aliphatic carbocycles. The van der Waals surface area contributed by atoms with E-state index in [2.05, 4.69) is 15.9 Å². The molecule has 1 aromatic carbocycles. The molecule has 22 heavy (non-hydrogen) atoms. The average molecular weight is 364 g/mol. The number of aromatic hydroxyl groups is 1. The van der Waals surface area contributed by atoms with E-state index in [-0.39, 0.29) is 17.6 Å². The first-order valence-electron chi connectivity index (χ1n) is 7.18. The van der Waals surface area contributed by atoms with Gasteiger partial charge >= 0.3 is 0 Å².